The third kappa shape index (κ3) is 1.09. The Bertz CT molecular complexity index is 274. The predicted octanol–water partition coefficient (Wildman–Crippen LogP) is 2.22. The molecule has 1 aliphatic carbocycles. The Morgan fingerprint density at radius 1 is 1.42 bits per heavy atom. The van der Waals surface area contributed by atoms with Gasteiger partial charge >= 0.3 is 0 Å². The topological polar surface area (TPSA) is 52.0 Å². The zero-order chi connectivity index (χ0) is 8.55. The molecule has 1 aromatic heterocycles. The minimum Gasteiger partial charge on any atom is -0.381 e. The Kier molecular flexibility index (Phi) is 1.79. The summed E-state index contributed by atoms with van der Waals surface area (Å²) in [6.45, 7) is 1.99. The molecule has 0 amide bonds. The lowest BCUT2D eigenvalue weighted by Crippen LogP contribution is -1.93. The molecule has 3 heteroatoms. The van der Waals surface area contributed by atoms with Crippen LogP contribution in [0.25, 0.3) is 0 Å². The van der Waals surface area contributed by atoms with Crippen molar-refractivity contribution in [3.05, 3.63) is 11.3 Å². The van der Waals surface area contributed by atoms with Gasteiger partial charge in [0.05, 0.1) is 0 Å². The van der Waals surface area contributed by atoms with E-state index < -0.39 is 0 Å². The Hall–Kier alpha value is -0.990. The largest absolute Gasteiger partial charge is 0.381 e. The quantitative estimate of drug-likeness (QED) is 0.696. The van der Waals surface area contributed by atoms with Crippen LogP contribution in [0.15, 0.2) is 4.52 Å². The third-order valence-corrected chi connectivity index (χ3v) is 2.72. The summed E-state index contributed by atoms with van der Waals surface area (Å²) in [6, 6.07) is 0. The fourth-order valence-electron chi connectivity index (χ4n) is 1.93. The van der Waals surface area contributed by atoms with Crippen LogP contribution in [0.3, 0.4) is 0 Å². The van der Waals surface area contributed by atoms with Crippen LogP contribution < -0.4 is 5.73 Å². The highest BCUT2D eigenvalue weighted by Crippen LogP contribution is 2.36. The second-order valence-electron chi connectivity index (χ2n) is 3.54. The number of nitrogens with two attached hydrogens (primary N) is 1. The molecule has 0 atom stereocenters. The van der Waals surface area contributed by atoms with Crippen LogP contribution in [-0.2, 0) is 0 Å². The van der Waals surface area contributed by atoms with Crippen LogP contribution in [-0.4, -0.2) is 5.16 Å². The maximum absolute atomic E-state index is 5.60. The molecule has 1 saturated carbocycles. The van der Waals surface area contributed by atoms with Crippen LogP contribution in [0.5, 0.6) is 0 Å². The van der Waals surface area contributed by atoms with E-state index in [1.807, 2.05) is 6.92 Å². The lowest BCUT2D eigenvalue weighted by atomic mass is 10.0. The predicted molar refractivity (Wildman–Crippen MR) is 46.9 cm³/mol. The first-order valence-corrected chi connectivity index (χ1v) is 4.50. The summed E-state index contributed by atoms with van der Waals surface area (Å²) in [5.41, 5.74) is 6.65. The zero-order valence-electron chi connectivity index (χ0n) is 7.34. The molecular formula is C9H14N2O. The van der Waals surface area contributed by atoms with Gasteiger partial charge in [-0.1, -0.05) is 18.0 Å². The van der Waals surface area contributed by atoms with Crippen molar-refractivity contribution >= 4 is 5.82 Å². The second-order valence-corrected chi connectivity index (χ2v) is 3.54. The number of aromatic nitrogens is 1. The van der Waals surface area contributed by atoms with Crippen LogP contribution in [0, 0.1) is 6.92 Å². The van der Waals surface area contributed by atoms with Gasteiger partial charge in [-0.25, -0.2) is 0 Å². The molecular weight excluding hydrogens is 152 g/mol. The molecule has 0 unspecified atom stereocenters. The van der Waals surface area contributed by atoms with Crippen molar-refractivity contribution in [2.45, 2.75) is 38.5 Å². The first kappa shape index (κ1) is 7.65. The van der Waals surface area contributed by atoms with Crippen LogP contribution in [0.4, 0.5) is 5.82 Å². The van der Waals surface area contributed by atoms with Crippen LogP contribution >= 0.6 is 0 Å². The van der Waals surface area contributed by atoms with Gasteiger partial charge in [0.1, 0.15) is 5.76 Å². The maximum atomic E-state index is 5.60. The van der Waals surface area contributed by atoms with Gasteiger partial charge < -0.3 is 10.3 Å². The monoisotopic (exact) mass is 166 g/mol. The summed E-state index contributed by atoms with van der Waals surface area (Å²) in [5.74, 6) is 2.15. The molecule has 2 rings (SSSR count). The Balaban J connectivity index is 2.26. The smallest absolute Gasteiger partial charge is 0.170 e. The highest BCUT2D eigenvalue weighted by atomic mass is 16.5. The van der Waals surface area contributed by atoms with Gasteiger partial charge in [-0.05, 0) is 19.8 Å². The fourth-order valence-corrected chi connectivity index (χ4v) is 1.93. The first-order chi connectivity index (χ1) is 5.79. The van der Waals surface area contributed by atoms with E-state index in [0.29, 0.717) is 11.7 Å². The van der Waals surface area contributed by atoms with Gasteiger partial charge in [0.25, 0.3) is 0 Å². The van der Waals surface area contributed by atoms with Gasteiger partial charge in [0, 0.05) is 11.5 Å². The molecule has 0 spiro atoms. The highest BCUT2D eigenvalue weighted by molar-refractivity contribution is 5.40. The van der Waals surface area contributed by atoms with E-state index in [-0.39, 0.29) is 0 Å². The van der Waals surface area contributed by atoms with Crippen molar-refractivity contribution < 1.29 is 4.52 Å². The van der Waals surface area contributed by atoms with E-state index in [0.717, 1.165) is 11.3 Å². The van der Waals surface area contributed by atoms with Crippen molar-refractivity contribution in [1.82, 2.24) is 5.16 Å². The Labute approximate surface area is 71.9 Å². The molecule has 1 aromatic rings. The normalized spacial score (nSPS) is 18.8. The van der Waals surface area contributed by atoms with Gasteiger partial charge in [-0.15, -0.1) is 0 Å². The van der Waals surface area contributed by atoms with Crippen molar-refractivity contribution in [2.24, 2.45) is 0 Å². The molecule has 0 radical (unpaired) electrons. The van der Waals surface area contributed by atoms with Crippen LogP contribution in [0.1, 0.15) is 42.9 Å². The van der Waals surface area contributed by atoms with Gasteiger partial charge in [0.15, 0.2) is 5.82 Å². The molecule has 0 aliphatic heterocycles. The Morgan fingerprint density at radius 2 is 2.08 bits per heavy atom. The molecule has 1 fully saturated rings. The van der Waals surface area contributed by atoms with E-state index in [9.17, 15) is 0 Å². The van der Waals surface area contributed by atoms with E-state index in [4.69, 9.17) is 10.3 Å². The van der Waals surface area contributed by atoms with Gasteiger partial charge in [-0.3, -0.25) is 0 Å². The van der Waals surface area contributed by atoms with E-state index in [1.54, 1.807) is 0 Å². The lowest BCUT2D eigenvalue weighted by Gasteiger charge is -2.03. The number of hydrogen-bond donors (Lipinski definition) is 1. The molecule has 0 bridgehead atoms. The van der Waals surface area contributed by atoms with Gasteiger partial charge in [0.2, 0.25) is 0 Å². The summed E-state index contributed by atoms with van der Waals surface area (Å²) < 4.78 is 5.20. The van der Waals surface area contributed by atoms with Crippen LogP contribution in [0.2, 0.25) is 0 Å². The van der Waals surface area contributed by atoms with Crippen molar-refractivity contribution in [3.8, 4) is 0 Å². The summed E-state index contributed by atoms with van der Waals surface area (Å²) in [7, 11) is 0. The Morgan fingerprint density at radius 3 is 2.58 bits per heavy atom. The third-order valence-electron chi connectivity index (χ3n) is 2.72. The number of nitrogens with zero attached hydrogens (tertiary/aromatic N) is 1. The molecule has 3 nitrogen and oxygen atoms in total. The minimum atomic E-state index is 0.553. The average molecular weight is 166 g/mol. The van der Waals surface area contributed by atoms with E-state index in [2.05, 4.69) is 5.16 Å². The summed E-state index contributed by atoms with van der Waals surface area (Å²) in [6.07, 6.45) is 5.08. The summed E-state index contributed by atoms with van der Waals surface area (Å²) in [4.78, 5) is 0. The number of hydrogen-bond acceptors (Lipinski definition) is 3. The molecule has 2 N–H and O–H groups in total. The average Bonchev–Trinajstić information content (AvgIpc) is 2.64. The van der Waals surface area contributed by atoms with Crippen molar-refractivity contribution in [2.75, 3.05) is 5.73 Å². The fraction of sp³-hybridized carbons (Fsp3) is 0.667. The minimum absolute atomic E-state index is 0.553. The summed E-state index contributed by atoms with van der Waals surface area (Å²) >= 11 is 0. The molecule has 12 heavy (non-hydrogen) atoms. The first-order valence-electron chi connectivity index (χ1n) is 4.50. The molecule has 1 heterocycles. The standard InChI is InChI=1S/C9H14N2O/c1-6-8(12-11-9(6)10)7-4-2-3-5-7/h7H,2-5H2,1H3,(H2,10,11). The lowest BCUT2D eigenvalue weighted by molar-refractivity contribution is 0.361. The molecule has 66 valence electrons. The van der Waals surface area contributed by atoms with Crippen molar-refractivity contribution in [3.63, 3.8) is 0 Å². The second kappa shape index (κ2) is 2.81. The number of nitrogen functional groups attached to an aromatic ring is 1. The SMILES string of the molecule is Cc1c(N)noc1C1CCCC1. The van der Waals surface area contributed by atoms with Gasteiger partial charge in [-0.2, -0.15) is 0 Å². The number of anilines is 1. The van der Waals surface area contributed by atoms with Crippen molar-refractivity contribution in [1.29, 1.82) is 0 Å². The molecule has 0 aromatic carbocycles. The summed E-state index contributed by atoms with van der Waals surface area (Å²) in [5, 5.41) is 3.76. The number of rotatable bonds is 1. The maximum Gasteiger partial charge on any atom is 0.170 e. The highest BCUT2D eigenvalue weighted by Gasteiger charge is 2.23. The van der Waals surface area contributed by atoms with E-state index in [1.165, 1.54) is 25.7 Å². The molecule has 1 aliphatic rings. The molecule has 0 saturated heterocycles. The zero-order valence-corrected chi connectivity index (χ0v) is 7.34. The van der Waals surface area contributed by atoms with E-state index >= 15 is 0 Å².